The first-order chi connectivity index (χ1) is 8.17. The zero-order chi connectivity index (χ0) is 12.7. The number of amidine groups is 1. The maximum atomic E-state index is 8.43. The van der Waals surface area contributed by atoms with Crippen LogP contribution in [-0.2, 0) is 6.54 Å². The number of hydrogen-bond acceptors (Lipinski definition) is 5. The van der Waals surface area contributed by atoms with E-state index in [9.17, 15) is 0 Å². The van der Waals surface area contributed by atoms with Gasteiger partial charge in [-0.1, -0.05) is 11.2 Å². The molecular formula is C11H18N4O2. The maximum absolute atomic E-state index is 8.43. The standard InChI is InChI=1S/C11H18N4O2/c1-15(7-5-10(12)14-16)8-9-4-3-6-13-11(9)17-2/h3-4,6,16H,5,7-8H2,1-2H3,(H2,12,14). The van der Waals surface area contributed by atoms with Gasteiger partial charge in [0.05, 0.1) is 7.11 Å². The molecule has 0 fully saturated rings. The van der Waals surface area contributed by atoms with Crippen molar-refractivity contribution in [2.24, 2.45) is 10.9 Å². The molecule has 0 spiro atoms. The van der Waals surface area contributed by atoms with Crippen molar-refractivity contribution in [2.45, 2.75) is 13.0 Å². The van der Waals surface area contributed by atoms with Crippen molar-refractivity contribution in [1.29, 1.82) is 0 Å². The Morgan fingerprint density at radius 2 is 2.41 bits per heavy atom. The first kappa shape index (κ1) is 13.2. The summed E-state index contributed by atoms with van der Waals surface area (Å²) in [5, 5.41) is 11.4. The Hall–Kier alpha value is -1.82. The largest absolute Gasteiger partial charge is 0.481 e. The van der Waals surface area contributed by atoms with E-state index in [4.69, 9.17) is 15.7 Å². The summed E-state index contributed by atoms with van der Waals surface area (Å²) in [6.45, 7) is 1.41. The van der Waals surface area contributed by atoms with Gasteiger partial charge in [-0.3, -0.25) is 0 Å². The average Bonchev–Trinajstić information content (AvgIpc) is 2.36. The van der Waals surface area contributed by atoms with Crippen LogP contribution < -0.4 is 10.5 Å². The molecule has 17 heavy (non-hydrogen) atoms. The van der Waals surface area contributed by atoms with Crippen LogP contribution in [0.25, 0.3) is 0 Å². The van der Waals surface area contributed by atoms with Gasteiger partial charge in [0.1, 0.15) is 5.84 Å². The Balaban J connectivity index is 2.52. The van der Waals surface area contributed by atoms with Crippen molar-refractivity contribution >= 4 is 5.84 Å². The number of pyridine rings is 1. The molecule has 0 radical (unpaired) electrons. The van der Waals surface area contributed by atoms with Crippen molar-refractivity contribution < 1.29 is 9.94 Å². The van der Waals surface area contributed by atoms with Crippen LogP contribution in [0.5, 0.6) is 5.88 Å². The number of nitrogens with two attached hydrogens (primary N) is 1. The van der Waals surface area contributed by atoms with E-state index in [2.05, 4.69) is 15.0 Å². The molecule has 6 heteroatoms. The lowest BCUT2D eigenvalue weighted by Crippen LogP contribution is -2.24. The molecule has 94 valence electrons. The van der Waals surface area contributed by atoms with Crippen molar-refractivity contribution in [3.05, 3.63) is 23.9 Å². The Morgan fingerprint density at radius 1 is 1.65 bits per heavy atom. The highest BCUT2D eigenvalue weighted by atomic mass is 16.5. The molecule has 0 aliphatic rings. The first-order valence-electron chi connectivity index (χ1n) is 5.30. The van der Waals surface area contributed by atoms with Crippen LogP contribution in [0.4, 0.5) is 0 Å². The molecule has 0 amide bonds. The van der Waals surface area contributed by atoms with E-state index >= 15 is 0 Å². The van der Waals surface area contributed by atoms with Gasteiger partial charge in [-0.05, 0) is 13.1 Å². The van der Waals surface area contributed by atoms with Gasteiger partial charge < -0.3 is 20.6 Å². The molecule has 0 unspecified atom stereocenters. The molecule has 3 N–H and O–H groups in total. The fourth-order valence-corrected chi connectivity index (χ4v) is 1.45. The lowest BCUT2D eigenvalue weighted by molar-refractivity contribution is 0.306. The monoisotopic (exact) mass is 238 g/mol. The number of nitrogens with zero attached hydrogens (tertiary/aromatic N) is 3. The van der Waals surface area contributed by atoms with Crippen LogP contribution in [0.2, 0.25) is 0 Å². The average molecular weight is 238 g/mol. The predicted molar refractivity (Wildman–Crippen MR) is 65.1 cm³/mol. The van der Waals surface area contributed by atoms with E-state index in [0.717, 1.165) is 5.56 Å². The van der Waals surface area contributed by atoms with E-state index in [-0.39, 0.29) is 5.84 Å². The molecule has 1 aromatic rings. The summed E-state index contributed by atoms with van der Waals surface area (Å²) in [5.41, 5.74) is 6.42. The van der Waals surface area contributed by atoms with E-state index in [1.165, 1.54) is 0 Å². The number of aromatic nitrogens is 1. The van der Waals surface area contributed by atoms with Crippen molar-refractivity contribution in [2.75, 3.05) is 20.7 Å². The number of rotatable bonds is 6. The highest BCUT2D eigenvalue weighted by molar-refractivity contribution is 5.79. The minimum absolute atomic E-state index is 0.231. The zero-order valence-electron chi connectivity index (χ0n) is 10.1. The van der Waals surface area contributed by atoms with Crippen LogP contribution in [0.3, 0.4) is 0 Å². The fraction of sp³-hybridized carbons (Fsp3) is 0.455. The van der Waals surface area contributed by atoms with Gasteiger partial charge in [0.25, 0.3) is 0 Å². The van der Waals surface area contributed by atoms with Gasteiger partial charge in [0, 0.05) is 31.3 Å². The summed E-state index contributed by atoms with van der Waals surface area (Å²) in [6, 6.07) is 3.83. The fourth-order valence-electron chi connectivity index (χ4n) is 1.45. The van der Waals surface area contributed by atoms with Crippen LogP contribution in [0.1, 0.15) is 12.0 Å². The quantitative estimate of drug-likeness (QED) is 0.329. The van der Waals surface area contributed by atoms with Gasteiger partial charge >= 0.3 is 0 Å². The molecule has 0 aromatic carbocycles. The van der Waals surface area contributed by atoms with Crippen LogP contribution in [0, 0.1) is 0 Å². The summed E-state index contributed by atoms with van der Waals surface area (Å²) >= 11 is 0. The third kappa shape index (κ3) is 4.28. The molecule has 1 aromatic heterocycles. The lowest BCUT2D eigenvalue weighted by Gasteiger charge is -2.17. The number of oxime groups is 1. The van der Waals surface area contributed by atoms with Gasteiger partial charge in [0.2, 0.25) is 5.88 Å². The molecule has 0 bridgehead atoms. The summed E-state index contributed by atoms with van der Waals surface area (Å²) in [6.07, 6.45) is 2.22. The number of ether oxygens (including phenoxy) is 1. The molecule has 1 heterocycles. The Morgan fingerprint density at radius 3 is 3.06 bits per heavy atom. The van der Waals surface area contributed by atoms with Crippen LogP contribution in [0.15, 0.2) is 23.5 Å². The second-order valence-electron chi connectivity index (χ2n) is 3.75. The predicted octanol–water partition coefficient (Wildman–Crippen LogP) is 0.659. The Kier molecular flexibility index (Phi) is 5.22. The third-order valence-electron chi connectivity index (χ3n) is 2.36. The van der Waals surface area contributed by atoms with E-state index in [0.29, 0.717) is 25.4 Å². The maximum Gasteiger partial charge on any atom is 0.217 e. The highest BCUT2D eigenvalue weighted by Crippen LogP contribution is 2.15. The van der Waals surface area contributed by atoms with Crippen molar-refractivity contribution in [3.8, 4) is 5.88 Å². The zero-order valence-corrected chi connectivity index (χ0v) is 10.1. The third-order valence-corrected chi connectivity index (χ3v) is 2.36. The lowest BCUT2D eigenvalue weighted by atomic mass is 10.2. The minimum atomic E-state index is 0.231. The molecule has 0 saturated carbocycles. The van der Waals surface area contributed by atoms with Gasteiger partial charge in [-0.2, -0.15) is 0 Å². The van der Waals surface area contributed by atoms with Gasteiger partial charge in [-0.25, -0.2) is 4.98 Å². The van der Waals surface area contributed by atoms with Gasteiger partial charge in [-0.15, -0.1) is 0 Å². The number of methoxy groups -OCH3 is 1. The van der Waals surface area contributed by atoms with E-state index in [1.54, 1.807) is 13.3 Å². The SMILES string of the molecule is COc1ncccc1CN(C)CCC(N)=NO. The topological polar surface area (TPSA) is 84.0 Å². The summed E-state index contributed by atoms with van der Waals surface area (Å²) in [4.78, 5) is 6.18. The summed E-state index contributed by atoms with van der Waals surface area (Å²) in [5.74, 6) is 0.859. The molecule has 6 nitrogen and oxygen atoms in total. The smallest absolute Gasteiger partial charge is 0.217 e. The molecule has 0 aliphatic carbocycles. The first-order valence-corrected chi connectivity index (χ1v) is 5.30. The normalized spacial score (nSPS) is 11.8. The van der Waals surface area contributed by atoms with E-state index in [1.807, 2.05) is 19.2 Å². The molecule has 1 rings (SSSR count). The van der Waals surface area contributed by atoms with E-state index < -0.39 is 0 Å². The van der Waals surface area contributed by atoms with Crippen molar-refractivity contribution in [1.82, 2.24) is 9.88 Å². The number of hydrogen-bond donors (Lipinski definition) is 2. The van der Waals surface area contributed by atoms with Crippen LogP contribution in [-0.4, -0.2) is 41.6 Å². The minimum Gasteiger partial charge on any atom is -0.481 e. The molecule has 0 atom stereocenters. The van der Waals surface area contributed by atoms with Crippen molar-refractivity contribution in [3.63, 3.8) is 0 Å². The second kappa shape index (κ2) is 6.70. The highest BCUT2D eigenvalue weighted by Gasteiger charge is 2.07. The summed E-state index contributed by atoms with van der Waals surface area (Å²) < 4.78 is 5.17. The Labute approximate surface area is 101 Å². The van der Waals surface area contributed by atoms with Gasteiger partial charge in [0.15, 0.2) is 0 Å². The molecule has 0 saturated heterocycles. The molecule has 0 aliphatic heterocycles. The summed E-state index contributed by atoms with van der Waals surface area (Å²) in [7, 11) is 3.55. The van der Waals surface area contributed by atoms with Crippen LogP contribution >= 0.6 is 0 Å². The Bertz CT molecular complexity index is 381. The molecular weight excluding hydrogens is 220 g/mol. The second-order valence-corrected chi connectivity index (χ2v) is 3.75.